The molecule has 0 aliphatic carbocycles. The molecule has 0 aromatic heterocycles. The maximum Gasteiger partial charge on any atom is 0.143 e. The third-order valence-corrected chi connectivity index (χ3v) is 2.67. The van der Waals surface area contributed by atoms with Crippen LogP contribution in [0.25, 0.3) is 0 Å². The highest BCUT2D eigenvalue weighted by Crippen LogP contribution is 2.07. The van der Waals surface area contributed by atoms with Crippen LogP contribution in [0, 0.1) is 0 Å². The second-order valence-electron chi connectivity index (χ2n) is 3.05. The van der Waals surface area contributed by atoms with Gasteiger partial charge in [-0.05, 0) is 25.5 Å². The maximum atomic E-state index is 11.2. The Labute approximate surface area is 79.6 Å². The fourth-order valence-electron chi connectivity index (χ4n) is 0.755. The monoisotopic (exact) mass is 186 g/mol. The van der Waals surface area contributed by atoms with E-state index in [4.69, 9.17) is 0 Å². The largest absolute Gasteiger partial charge is 0.299 e. The van der Waals surface area contributed by atoms with Gasteiger partial charge in [-0.1, -0.05) is 12.5 Å². The molecule has 0 aliphatic rings. The molecule has 0 spiro atoms. The molecule has 0 aromatic carbocycles. The fraction of sp³-hybridized carbons (Fsp3) is 0.700. The Kier molecular flexibility index (Phi) is 7.26. The number of rotatable bonds is 7. The van der Waals surface area contributed by atoms with Crippen LogP contribution in [0.2, 0.25) is 0 Å². The van der Waals surface area contributed by atoms with E-state index < -0.39 is 0 Å². The summed E-state index contributed by atoms with van der Waals surface area (Å²) in [6, 6.07) is 0. The smallest absolute Gasteiger partial charge is 0.143 e. The van der Waals surface area contributed by atoms with Crippen molar-refractivity contribution in [1.29, 1.82) is 0 Å². The summed E-state index contributed by atoms with van der Waals surface area (Å²) in [5.74, 6) is 2.14. The van der Waals surface area contributed by atoms with E-state index in [-0.39, 0.29) is 0 Å². The minimum atomic E-state index is 0.358. The first kappa shape index (κ1) is 11.8. The van der Waals surface area contributed by atoms with E-state index in [0.717, 1.165) is 24.2 Å². The second-order valence-corrected chi connectivity index (χ2v) is 4.15. The number of Topliss-reactive ketones (excluding diaryl/α,β-unsaturated/α-hetero) is 1. The Morgan fingerprint density at radius 2 is 2.08 bits per heavy atom. The van der Waals surface area contributed by atoms with Gasteiger partial charge in [0.1, 0.15) is 5.78 Å². The molecule has 0 atom stereocenters. The highest BCUT2D eigenvalue weighted by atomic mass is 32.2. The van der Waals surface area contributed by atoms with Gasteiger partial charge in [0.15, 0.2) is 0 Å². The van der Waals surface area contributed by atoms with Gasteiger partial charge in [-0.2, -0.15) is 11.8 Å². The first-order valence-corrected chi connectivity index (χ1v) is 5.56. The first-order valence-electron chi connectivity index (χ1n) is 4.40. The van der Waals surface area contributed by atoms with Gasteiger partial charge in [0, 0.05) is 6.42 Å². The summed E-state index contributed by atoms with van der Waals surface area (Å²) < 4.78 is 0. The molecular weight excluding hydrogens is 168 g/mol. The van der Waals surface area contributed by atoms with Gasteiger partial charge in [-0.25, -0.2) is 0 Å². The molecule has 2 heteroatoms. The standard InChI is InChI=1S/C10H18OS/c1-4-7-12-8-10(11)6-5-9(2)3/h2,4-8H2,1,3H3. The van der Waals surface area contributed by atoms with Crippen molar-refractivity contribution in [3.05, 3.63) is 12.2 Å². The first-order chi connectivity index (χ1) is 5.66. The molecule has 0 saturated carbocycles. The molecule has 70 valence electrons. The number of thioether (sulfide) groups is 1. The summed E-state index contributed by atoms with van der Waals surface area (Å²) in [5.41, 5.74) is 1.10. The Morgan fingerprint density at radius 3 is 2.58 bits per heavy atom. The van der Waals surface area contributed by atoms with Crippen molar-refractivity contribution in [1.82, 2.24) is 0 Å². The van der Waals surface area contributed by atoms with Crippen LogP contribution >= 0.6 is 11.8 Å². The Hall–Kier alpha value is -0.240. The average Bonchev–Trinajstić information content (AvgIpc) is 2.01. The molecule has 0 heterocycles. The van der Waals surface area contributed by atoms with E-state index in [9.17, 15) is 4.79 Å². The lowest BCUT2D eigenvalue weighted by atomic mass is 10.1. The second kappa shape index (κ2) is 7.41. The highest BCUT2D eigenvalue weighted by Gasteiger charge is 2.00. The molecule has 0 rings (SSSR count). The molecule has 12 heavy (non-hydrogen) atoms. The van der Waals surface area contributed by atoms with Crippen molar-refractivity contribution in [2.45, 2.75) is 33.1 Å². The van der Waals surface area contributed by atoms with Crippen LogP contribution in [-0.4, -0.2) is 17.3 Å². The fourth-order valence-corrected chi connectivity index (χ4v) is 1.56. The van der Waals surface area contributed by atoms with Crippen molar-refractivity contribution in [3.63, 3.8) is 0 Å². The van der Waals surface area contributed by atoms with Crippen LogP contribution in [0.3, 0.4) is 0 Å². The topological polar surface area (TPSA) is 17.1 Å². The molecule has 0 unspecified atom stereocenters. The van der Waals surface area contributed by atoms with Crippen molar-refractivity contribution in [2.75, 3.05) is 11.5 Å². The van der Waals surface area contributed by atoms with E-state index in [2.05, 4.69) is 13.5 Å². The molecule has 0 bridgehead atoms. The van der Waals surface area contributed by atoms with Crippen LogP contribution in [-0.2, 0) is 4.79 Å². The minimum absolute atomic E-state index is 0.358. The Morgan fingerprint density at radius 1 is 1.42 bits per heavy atom. The van der Waals surface area contributed by atoms with Crippen molar-refractivity contribution in [2.24, 2.45) is 0 Å². The zero-order valence-electron chi connectivity index (χ0n) is 8.06. The van der Waals surface area contributed by atoms with Crippen molar-refractivity contribution in [3.8, 4) is 0 Å². The minimum Gasteiger partial charge on any atom is -0.299 e. The van der Waals surface area contributed by atoms with E-state index in [1.807, 2.05) is 6.92 Å². The molecular formula is C10H18OS. The van der Waals surface area contributed by atoms with Gasteiger partial charge in [-0.15, -0.1) is 6.58 Å². The molecule has 0 fully saturated rings. The van der Waals surface area contributed by atoms with Crippen LogP contribution in [0.15, 0.2) is 12.2 Å². The molecule has 0 radical (unpaired) electrons. The lowest BCUT2D eigenvalue weighted by Gasteiger charge is -1.99. The highest BCUT2D eigenvalue weighted by molar-refractivity contribution is 7.99. The van der Waals surface area contributed by atoms with E-state index in [1.54, 1.807) is 11.8 Å². The maximum absolute atomic E-state index is 11.2. The summed E-state index contributed by atoms with van der Waals surface area (Å²) >= 11 is 1.73. The average molecular weight is 186 g/mol. The van der Waals surface area contributed by atoms with Crippen LogP contribution in [0.5, 0.6) is 0 Å². The van der Waals surface area contributed by atoms with Gasteiger partial charge < -0.3 is 0 Å². The zero-order chi connectivity index (χ0) is 9.40. The molecule has 0 aromatic rings. The predicted octanol–water partition coefficient (Wildman–Crippen LogP) is 3.06. The van der Waals surface area contributed by atoms with E-state index in [1.165, 1.54) is 0 Å². The SMILES string of the molecule is C=C(C)CCC(=O)CSCCC. The molecule has 0 saturated heterocycles. The Balaban J connectivity index is 3.28. The quantitative estimate of drug-likeness (QED) is 0.449. The lowest BCUT2D eigenvalue weighted by molar-refractivity contribution is -0.116. The third-order valence-electron chi connectivity index (χ3n) is 1.44. The van der Waals surface area contributed by atoms with Crippen LogP contribution in [0.1, 0.15) is 33.1 Å². The summed E-state index contributed by atoms with van der Waals surface area (Å²) in [4.78, 5) is 11.2. The number of ketones is 1. The number of carbonyl (C=O) groups excluding carboxylic acids is 1. The number of allylic oxidation sites excluding steroid dienone is 1. The van der Waals surface area contributed by atoms with Gasteiger partial charge in [0.25, 0.3) is 0 Å². The zero-order valence-corrected chi connectivity index (χ0v) is 8.88. The number of carbonyl (C=O) groups is 1. The molecule has 0 aliphatic heterocycles. The van der Waals surface area contributed by atoms with E-state index in [0.29, 0.717) is 18.0 Å². The van der Waals surface area contributed by atoms with Gasteiger partial charge in [-0.3, -0.25) is 4.79 Å². The summed E-state index contributed by atoms with van der Waals surface area (Å²) in [6.45, 7) is 7.86. The third kappa shape index (κ3) is 7.86. The normalized spacial score (nSPS) is 9.83. The number of hydrogen-bond acceptors (Lipinski definition) is 2. The van der Waals surface area contributed by atoms with Crippen molar-refractivity contribution < 1.29 is 4.79 Å². The van der Waals surface area contributed by atoms with Gasteiger partial charge >= 0.3 is 0 Å². The molecule has 1 nitrogen and oxygen atoms in total. The summed E-state index contributed by atoms with van der Waals surface area (Å²) in [6.07, 6.45) is 2.68. The predicted molar refractivity (Wildman–Crippen MR) is 56.7 cm³/mol. The van der Waals surface area contributed by atoms with Crippen LogP contribution in [0.4, 0.5) is 0 Å². The van der Waals surface area contributed by atoms with Crippen LogP contribution < -0.4 is 0 Å². The lowest BCUT2D eigenvalue weighted by Crippen LogP contribution is -2.01. The summed E-state index contributed by atoms with van der Waals surface area (Å²) in [5, 5.41) is 0. The van der Waals surface area contributed by atoms with E-state index >= 15 is 0 Å². The molecule has 0 amide bonds. The summed E-state index contributed by atoms with van der Waals surface area (Å²) in [7, 11) is 0. The van der Waals surface area contributed by atoms with Crippen molar-refractivity contribution >= 4 is 17.5 Å². The van der Waals surface area contributed by atoms with Gasteiger partial charge in [0.05, 0.1) is 5.75 Å². The molecule has 0 N–H and O–H groups in total. The number of hydrogen-bond donors (Lipinski definition) is 0. The van der Waals surface area contributed by atoms with Gasteiger partial charge in [0.2, 0.25) is 0 Å². The Bertz CT molecular complexity index is 152.